The van der Waals surface area contributed by atoms with E-state index in [-0.39, 0.29) is 0 Å². The minimum absolute atomic E-state index is 0.694. The monoisotopic (exact) mass is 173 g/mol. The molecule has 0 spiro atoms. The lowest BCUT2D eigenvalue weighted by Crippen LogP contribution is -2.52. The van der Waals surface area contributed by atoms with Crippen molar-refractivity contribution in [1.82, 2.24) is 5.32 Å². The number of rotatable bonds is 0. The van der Waals surface area contributed by atoms with Gasteiger partial charge in [0.2, 0.25) is 0 Å². The van der Waals surface area contributed by atoms with Crippen LogP contribution in [0.5, 0.6) is 0 Å². The van der Waals surface area contributed by atoms with E-state index < -0.39 is 0 Å². The van der Waals surface area contributed by atoms with Gasteiger partial charge in [-0.3, -0.25) is 0 Å². The minimum Gasteiger partial charge on any atom is -0.380 e. The maximum Gasteiger partial charge on any atom is 0.0600 e. The van der Waals surface area contributed by atoms with Crippen molar-refractivity contribution in [2.45, 2.75) is 30.7 Å². The quantitative estimate of drug-likeness (QED) is 0.587. The standard InChI is InChI=1S/C8H15NOS/c1-6-5-11-8-4-10-3-2-7(8)9-6/h6-9H,2-5H2,1H3. The van der Waals surface area contributed by atoms with E-state index in [4.69, 9.17) is 4.74 Å². The molecule has 2 nitrogen and oxygen atoms in total. The van der Waals surface area contributed by atoms with Crippen molar-refractivity contribution < 1.29 is 4.74 Å². The lowest BCUT2D eigenvalue weighted by molar-refractivity contribution is 0.0792. The van der Waals surface area contributed by atoms with E-state index in [1.165, 1.54) is 12.2 Å². The normalized spacial score (nSPS) is 45.0. The Morgan fingerprint density at radius 3 is 3.36 bits per heavy atom. The summed E-state index contributed by atoms with van der Waals surface area (Å²) >= 11 is 2.07. The zero-order chi connectivity index (χ0) is 7.68. The smallest absolute Gasteiger partial charge is 0.0600 e. The summed E-state index contributed by atoms with van der Waals surface area (Å²) in [6, 6.07) is 1.41. The lowest BCUT2D eigenvalue weighted by Gasteiger charge is -2.38. The van der Waals surface area contributed by atoms with Crippen LogP contribution in [0.25, 0.3) is 0 Å². The van der Waals surface area contributed by atoms with Crippen molar-refractivity contribution >= 4 is 11.8 Å². The van der Waals surface area contributed by atoms with Crippen LogP contribution in [0, 0.1) is 0 Å². The van der Waals surface area contributed by atoms with Crippen LogP contribution in [0.3, 0.4) is 0 Å². The first-order valence-corrected chi connectivity index (χ1v) is 5.36. The summed E-state index contributed by atoms with van der Waals surface area (Å²) in [5.41, 5.74) is 0. The van der Waals surface area contributed by atoms with Crippen LogP contribution in [-0.4, -0.2) is 36.3 Å². The van der Waals surface area contributed by atoms with E-state index >= 15 is 0 Å². The zero-order valence-electron chi connectivity index (χ0n) is 6.88. The van der Waals surface area contributed by atoms with Gasteiger partial charge < -0.3 is 10.1 Å². The van der Waals surface area contributed by atoms with Gasteiger partial charge in [-0.05, 0) is 13.3 Å². The summed E-state index contributed by atoms with van der Waals surface area (Å²) in [4.78, 5) is 0. The molecule has 2 rings (SSSR count). The molecule has 0 bridgehead atoms. The van der Waals surface area contributed by atoms with Crippen LogP contribution >= 0.6 is 11.8 Å². The molecule has 3 atom stereocenters. The number of ether oxygens (including phenoxy) is 1. The van der Waals surface area contributed by atoms with E-state index in [0.717, 1.165) is 24.5 Å². The average Bonchev–Trinajstić information content (AvgIpc) is 2.04. The third-order valence-corrected chi connectivity index (χ3v) is 3.95. The molecule has 0 aromatic heterocycles. The molecule has 0 amide bonds. The van der Waals surface area contributed by atoms with E-state index in [1.54, 1.807) is 0 Å². The highest BCUT2D eigenvalue weighted by Gasteiger charge is 2.30. The fraction of sp³-hybridized carbons (Fsp3) is 1.00. The average molecular weight is 173 g/mol. The Morgan fingerprint density at radius 1 is 1.55 bits per heavy atom. The van der Waals surface area contributed by atoms with E-state index in [9.17, 15) is 0 Å². The lowest BCUT2D eigenvalue weighted by atomic mass is 10.1. The van der Waals surface area contributed by atoms with Crippen LogP contribution in [0.15, 0.2) is 0 Å². The summed E-state index contributed by atoms with van der Waals surface area (Å²) in [5, 5.41) is 4.34. The van der Waals surface area contributed by atoms with Crippen molar-refractivity contribution in [3.63, 3.8) is 0 Å². The molecule has 2 fully saturated rings. The fourth-order valence-corrected chi connectivity index (χ4v) is 3.02. The summed E-state index contributed by atoms with van der Waals surface area (Å²) in [5.74, 6) is 1.24. The first-order valence-electron chi connectivity index (χ1n) is 4.31. The molecule has 2 aliphatic heterocycles. The second-order valence-electron chi connectivity index (χ2n) is 3.41. The molecule has 0 saturated carbocycles. The zero-order valence-corrected chi connectivity index (χ0v) is 7.69. The predicted molar refractivity (Wildman–Crippen MR) is 48.1 cm³/mol. The molecule has 0 aliphatic carbocycles. The van der Waals surface area contributed by atoms with Gasteiger partial charge in [-0.15, -0.1) is 0 Å². The third kappa shape index (κ3) is 1.71. The van der Waals surface area contributed by atoms with Gasteiger partial charge in [0.25, 0.3) is 0 Å². The molecule has 3 unspecified atom stereocenters. The van der Waals surface area contributed by atoms with E-state index in [2.05, 4.69) is 24.0 Å². The summed E-state index contributed by atoms with van der Waals surface area (Å²) in [6.07, 6.45) is 1.20. The summed E-state index contributed by atoms with van der Waals surface area (Å²) < 4.78 is 5.41. The second-order valence-corrected chi connectivity index (χ2v) is 4.68. The maximum absolute atomic E-state index is 5.41. The number of nitrogens with one attached hydrogen (secondary N) is 1. The minimum atomic E-state index is 0.694. The van der Waals surface area contributed by atoms with Crippen LogP contribution in [0.1, 0.15) is 13.3 Å². The van der Waals surface area contributed by atoms with Crippen LogP contribution in [-0.2, 0) is 4.74 Å². The summed E-state index contributed by atoms with van der Waals surface area (Å²) in [7, 11) is 0. The van der Waals surface area contributed by atoms with Crippen LogP contribution in [0.2, 0.25) is 0 Å². The summed E-state index contributed by atoms with van der Waals surface area (Å²) in [6.45, 7) is 4.16. The van der Waals surface area contributed by atoms with Gasteiger partial charge in [0.1, 0.15) is 0 Å². The molecule has 3 heteroatoms. The van der Waals surface area contributed by atoms with Gasteiger partial charge in [-0.1, -0.05) is 0 Å². The number of hydrogen-bond acceptors (Lipinski definition) is 3. The number of fused-ring (bicyclic) bond motifs is 1. The Labute approximate surface area is 72.1 Å². The Bertz CT molecular complexity index is 142. The Kier molecular flexibility index (Phi) is 2.39. The maximum atomic E-state index is 5.41. The Hall–Kier alpha value is 0.270. The van der Waals surface area contributed by atoms with Crippen LogP contribution in [0.4, 0.5) is 0 Å². The predicted octanol–water partition coefficient (Wildman–Crippen LogP) is 0.869. The largest absolute Gasteiger partial charge is 0.380 e. The molecule has 2 aliphatic rings. The highest BCUT2D eigenvalue weighted by Crippen LogP contribution is 2.26. The Morgan fingerprint density at radius 2 is 2.45 bits per heavy atom. The van der Waals surface area contributed by atoms with Crippen LogP contribution < -0.4 is 5.32 Å². The SMILES string of the molecule is CC1CSC2COCCC2N1. The fourth-order valence-electron chi connectivity index (χ4n) is 1.75. The highest BCUT2D eigenvalue weighted by molar-refractivity contribution is 8.00. The molecular weight excluding hydrogens is 158 g/mol. The Balaban J connectivity index is 1.93. The van der Waals surface area contributed by atoms with Crippen molar-refractivity contribution in [3.8, 4) is 0 Å². The topological polar surface area (TPSA) is 21.3 Å². The first-order chi connectivity index (χ1) is 5.36. The van der Waals surface area contributed by atoms with Gasteiger partial charge in [-0.25, -0.2) is 0 Å². The van der Waals surface area contributed by atoms with E-state index in [1.807, 2.05) is 0 Å². The highest BCUT2D eigenvalue weighted by atomic mass is 32.2. The van der Waals surface area contributed by atoms with Crippen molar-refractivity contribution in [3.05, 3.63) is 0 Å². The van der Waals surface area contributed by atoms with Gasteiger partial charge >= 0.3 is 0 Å². The van der Waals surface area contributed by atoms with Gasteiger partial charge in [0.15, 0.2) is 0 Å². The molecule has 0 aromatic carbocycles. The molecule has 2 saturated heterocycles. The molecule has 64 valence electrons. The second kappa shape index (κ2) is 3.33. The third-order valence-electron chi connectivity index (χ3n) is 2.36. The molecule has 0 radical (unpaired) electrons. The molecule has 0 aromatic rings. The van der Waals surface area contributed by atoms with Crippen molar-refractivity contribution in [1.29, 1.82) is 0 Å². The molecule has 1 N–H and O–H groups in total. The van der Waals surface area contributed by atoms with Crippen molar-refractivity contribution in [2.24, 2.45) is 0 Å². The number of hydrogen-bond donors (Lipinski definition) is 1. The van der Waals surface area contributed by atoms with Gasteiger partial charge in [-0.2, -0.15) is 11.8 Å². The molecular formula is C8H15NOS. The first kappa shape index (κ1) is 7.90. The van der Waals surface area contributed by atoms with Crippen molar-refractivity contribution in [2.75, 3.05) is 19.0 Å². The van der Waals surface area contributed by atoms with E-state index in [0.29, 0.717) is 6.04 Å². The molecule has 11 heavy (non-hydrogen) atoms. The van der Waals surface area contributed by atoms with Gasteiger partial charge in [0, 0.05) is 29.7 Å². The number of thioether (sulfide) groups is 1. The molecule has 2 heterocycles. The van der Waals surface area contributed by atoms with Gasteiger partial charge in [0.05, 0.1) is 6.61 Å².